The molecule has 1 unspecified atom stereocenters. The normalized spacial score (nSPS) is 16.5. The van der Waals surface area contributed by atoms with Gasteiger partial charge in [-0.25, -0.2) is 9.69 Å². The van der Waals surface area contributed by atoms with Gasteiger partial charge in [-0.1, -0.05) is 41.9 Å². The van der Waals surface area contributed by atoms with Gasteiger partial charge in [0.25, 0.3) is 5.91 Å². The topological polar surface area (TPSA) is 80.5 Å². The third-order valence-electron chi connectivity index (χ3n) is 3.55. The lowest BCUT2D eigenvalue weighted by atomic mass is 9.92. The first-order chi connectivity index (χ1) is 10.5. The Morgan fingerprint density at radius 2 is 1.77 bits per heavy atom. The molecule has 5 nitrogen and oxygen atoms in total. The van der Waals surface area contributed by atoms with Crippen LogP contribution in [0.25, 0.3) is 0 Å². The zero-order valence-corrected chi connectivity index (χ0v) is 12.1. The summed E-state index contributed by atoms with van der Waals surface area (Å²) in [5.41, 5.74) is 6.35. The zero-order chi connectivity index (χ0) is 15.9. The van der Waals surface area contributed by atoms with Gasteiger partial charge < -0.3 is 5.73 Å². The molecule has 110 valence electrons. The standard InChI is InChI=1S/C16H11ClN2O3/c17-10-6-7-12-11(8-10)13(15(21)19(12)16(18)22)14(20)9-4-2-1-3-5-9/h1-8,13H,(H2,18,22). The lowest BCUT2D eigenvalue weighted by Gasteiger charge is -2.12. The second-order valence-corrected chi connectivity index (χ2v) is 5.31. The highest BCUT2D eigenvalue weighted by Crippen LogP contribution is 2.40. The van der Waals surface area contributed by atoms with E-state index in [1.165, 1.54) is 12.1 Å². The average Bonchev–Trinajstić information content (AvgIpc) is 2.78. The van der Waals surface area contributed by atoms with Crippen LogP contribution in [-0.4, -0.2) is 17.7 Å². The number of carbonyl (C=O) groups is 3. The van der Waals surface area contributed by atoms with E-state index in [-0.39, 0.29) is 0 Å². The van der Waals surface area contributed by atoms with Crippen molar-refractivity contribution in [2.24, 2.45) is 5.73 Å². The number of ketones is 1. The maximum Gasteiger partial charge on any atom is 0.326 e. The first kappa shape index (κ1) is 14.3. The molecule has 1 aliphatic rings. The van der Waals surface area contributed by atoms with E-state index >= 15 is 0 Å². The number of nitrogens with zero attached hydrogens (tertiary/aromatic N) is 1. The Kier molecular flexibility index (Phi) is 3.42. The van der Waals surface area contributed by atoms with Crippen LogP contribution in [0, 0.1) is 0 Å². The van der Waals surface area contributed by atoms with E-state index < -0.39 is 23.6 Å². The molecule has 0 saturated carbocycles. The molecule has 22 heavy (non-hydrogen) atoms. The molecule has 2 aromatic carbocycles. The minimum absolute atomic E-state index is 0.302. The molecule has 0 aromatic heterocycles. The van der Waals surface area contributed by atoms with Crippen molar-refractivity contribution < 1.29 is 14.4 Å². The fraction of sp³-hybridized carbons (Fsp3) is 0.0625. The van der Waals surface area contributed by atoms with Crippen LogP contribution in [0.4, 0.5) is 10.5 Å². The summed E-state index contributed by atoms with van der Waals surface area (Å²) >= 11 is 5.96. The summed E-state index contributed by atoms with van der Waals surface area (Å²) in [4.78, 5) is 37.5. The Morgan fingerprint density at radius 1 is 1.09 bits per heavy atom. The van der Waals surface area contributed by atoms with Gasteiger partial charge in [-0.2, -0.15) is 0 Å². The predicted octanol–water partition coefficient (Wildman–Crippen LogP) is 2.73. The number of imide groups is 1. The molecule has 0 bridgehead atoms. The van der Waals surface area contributed by atoms with Crippen molar-refractivity contribution in [3.8, 4) is 0 Å². The number of benzene rings is 2. The minimum Gasteiger partial charge on any atom is -0.351 e. The van der Waals surface area contributed by atoms with Crippen molar-refractivity contribution in [2.75, 3.05) is 4.90 Å². The number of rotatable bonds is 2. The van der Waals surface area contributed by atoms with Crippen molar-refractivity contribution in [3.05, 3.63) is 64.7 Å². The van der Waals surface area contributed by atoms with E-state index in [0.29, 0.717) is 21.8 Å². The number of Topliss-reactive ketones (excluding diaryl/α,β-unsaturated/α-hetero) is 1. The summed E-state index contributed by atoms with van der Waals surface area (Å²) < 4.78 is 0. The van der Waals surface area contributed by atoms with Gasteiger partial charge in [-0.3, -0.25) is 9.59 Å². The average molecular weight is 315 g/mol. The molecular formula is C16H11ClN2O3. The maximum absolute atomic E-state index is 12.7. The van der Waals surface area contributed by atoms with Gasteiger partial charge in [0.1, 0.15) is 5.92 Å². The summed E-state index contributed by atoms with van der Waals surface area (Å²) in [6, 6.07) is 12.1. The van der Waals surface area contributed by atoms with E-state index in [4.69, 9.17) is 17.3 Å². The van der Waals surface area contributed by atoms with Gasteiger partial charge in [0.15, 0.2) is 5.78 Å². The molecule has 3 amide bonds. The van der Waals surface area contributed by atoms with Crippen molar-refractivity contribution in [1.29, 1.82) is 0 Å². The lowest BCUT2D eigenvalue weighted by Crippen LogP contribution is -2.40. The largest absolute Gasteiger partial charge is 0.351 e. The SMILES string of the molecule is NC(=O)N1C(=O)C(C(=O)c2ccccc2)c2cc(Cl)ccc21. The van der Waals surface area contributed by atoms with Crippen LogP contribution in [-0.2, 0) is 4.79 Å². The first-order valence-electron chi connectivity index (χ1n) is 6.53. The minimum atomic E-state index is -1.11. The van der Waals surface area contributed by atoms with Crippen LogP contribution in [0.15, 0.2) is 48.5 Å². The number of carbonyl (C=O) groups excluding carboxylic acids is 3. The molecule has 0 spiro atoms. The highest BCUT2D eigenvalue weighted by molar-refractivity contribution is 6.33. The first-order valence-corrected chi connectivity index (χ1v) is 6.90. The highest BCUT2D eigenvalue weighted by atomic mass is 35.5. The number of hydrogen-bond donors (Lipinski definition) is 1. The van der Waals surface area contributed by atoms with Crippen LogP contribution in [0.1, 0.15) is 21.8 Å². The number of halogens is 1. The van der Waals surface area contributed by atoms with Crippen molar-refractivity contribution in [2.45, 2.75) is 5.92 Å². The third-order valence-corrected chi connectivity index (χ3v) is 3.78. The highest BCUT2D eigenvalue weighted by Gasteiger charge is 2.44. The van der Waals surface area contributed by atoms with Crippen molar-refractivity contribution in [1.82, 2.24) is 0 Å². The quantitative estimate of drug-likeness (QED) is 0.683. The van der Waals surface area contributed by atoms with Crippen LogP contribution in [0.2, 0.25) is 5.02 Å². The number of hydrogen-bond acceptors (Lipinski definition) is 3. The van der Waals surface area contributed by atoms with Gasteiger partial charge in [-0.15, -0.1) is 0 Å². The molecule has 6 heteroatoms. The molecule has 0 aliphatic carbocycles. The molecule has 3 rings (SSSR count). The smallest absolute Gasteiger partial charge is 0.326 e. The second-order valence-electron chi connectivity index (χ2n) is 4.88. The summed E-state index contributed by atoms with van der Waals surface area (Å²) in [5, 5.41) is 0.378. The zero-order valence-electron chi connectivity index (χ0n) is 11.3. The van der Waals surface area contributed by atoms with Crippen LogP contribution in [0.3, 0.4) is 0 Å². The summed E-state index contributed by atoms with van der Waals surface area (Å²) in [7, 11) is 0. The molecule has 2 N–H and O–H groups in total. The molecule has 2 aromatic rings. The fourth-order valence-electron chi connectivity index (χ4n) is 2.59. The van der Waals surface area contributed by atoms with Gasteiger partial charge in [0.05, 0.1) is 5.69 Å². The monoisotopic (exact) mass is 314 g/mol. The number of nitrogens with two attached hydrogens (primary N) is 1. The van der Waals surface area contributed by atoms with Gasteiger partial charge in [-0.05, 0) is 23.8 Å². The molecule has 0 radical (unpaired) electrons. The summed E-state index contributed by atoms with van der Waals surface area (Å²) in [6.45, 7) is 0. The Balaban J connectivity index is 2.13. The predicted molar refractivity (Wildman–Crippen MR) is 82.0 cm³/mol. The van der Waals surface area contributed by atoms with Crippen molar-refractivity contribution in [3.63, 3.8) is 0 Å². The van der Waals surface area contributed by atoms with Crippen LogP contribution >= 0.6 is 11.6 Å². The van der Waals surface area contributed by atoms with E-state index in [9.17, 15) is 14.4 Å². The summed E-state index contributed by atoms with van der Waals surface area (Å²) in [5.74, 6) is -2.15. The number of amides is 3. The second kappa shape index (κ2) is 5.27. The molecule has 1 heterocycles. The molecule has 0 saturated heterocycles. The van der Waals surface area contributed by atoms with Crippen LogP contribution < -0.4 is 10.6 Å². The van der Waals surface area contributed by atoms with Crippen molar-refractivity contribution >= 4 is 35.0 Å². The Labute approximate surface area is 131 Å². The number of fused-ring (bicyclic) bond motifs is 1. The van der Waals surface area contributed by atoms with E-state index in [1.54, 1.807) is 36.4 Å². The number of anilines is 1. The lowest BCUT2D eigenvalue weighted by molar-refractivity contribution is -0.117. The van der Waals surface area contributed by atoms with E-state index in [0.717, 1.165) is 4.90 Å². The molecular weight excluding hydrogens is 304 g/mol. The van der Waals surface area contributed by atoms with Gasteiger partial charge in [0, 0.05) is 10.6 Å². The molecule has 1 aliphatic heterocycles. The summed E-state index contributed by atoms with van der Waals surface area (Å²) in [6.07, 6.45) is 0. The number of primary amides is 1. The van der Waals surface area contributed by atoms with Gasteiger partial charge >= 0.3 is 6.03 Å². The Bertz CT molecular complexity index is 789. The van der Waals surface area contributed by atoms with Crippen LogP contribution in [0.5, 0.6) is 0 Å². The van der Waals surface area contributed by atoms with E-state index in [2.05, 4.69) is 0 Å². The third kappa shape index (κ3) is 2.16. The maximum atomic E-state index is 12.7. The number of urea groups is 1. The fourth-order valence-corrected chi connectivity index (χ4v) is 2.77. The van der Waals surface area contributed by atoms with E-state index in [1.807, 2.05) is 0 Å². The Morgan fingerprint density at radius 3 is 2.41 bits per heavy atom. The molecule has 1 atom stereocenters. The Hall–Kier alpha value is -2.66. The van der Waals surface area contributed by atoms with Gasteiger partial charge in [0.2, 0.25) is 0 Å². The molecule has 0 fully saturated rings.